The van der Waals surface area contributed by atoms with Crippen LogP contribution in [-0.2, 0) is 6.54 Å². The predicted octanol–water partition coefficient (Wildman–Crippen LogP) is 5.63. The largest absolute Gasteiger partial charge is 0.573 e. The fraction of sp³-hybridized carbons (Fsp3) is 0.310. The maximum absolute atomic E-state index is 15.2. The van der Waals surface area contributed by atoms with E-state index in [0.717, 1.165) is 16.8 Å². The van der Waals surface area contributed by atoms with Crippen molar-refractivity contribution in [1.82, 2.24) is 14.9 Å². The van der Waals surface area contributed by atoms with Crippen LogP contribution in [0.25, 0.3) is 5.52 Å². The van der Waals surface area contributed by atoms with Crippen LogP contribution < -0.4 is 19.9 Å². The van der Waals surface area contributed by atoms with Crippen molar-refractivity contribution in [3.63, 3.8) is 0 Å². The zero-order chi connectivity index (χ0) is 28.6. The summed E-state index contributed by atoms with van der Waals surface area (Å²) in [4.78, 5) is 17.0. The minimum Gasteiger partial charge on any atom is -0.406 e. The van der Waals surface area contributed by atoms with Gasteiger partial charge in [-0.3, -0.25) is 4.79 Å². The Balaban J connectivity index is 1.21. The number of amides is 1. The Hall–Kier alpha value is -4.28. The fourth-order valence-corrected chi connectivity index (χ4v) is 5.14. The van der Waals surface area contributed by atoms with Gasteiger partial charge in [0.25, 0.3) is 5.91 Å². The number of aryl methyl sites for hydroxylation is 2. The molecule has 0 spiro atoms. The number of nitrogens with one attached hydrogen (secondary N) is 1. The van der Waals surface area contributed by atoms with Gasteiger partial charge in [0, 0.05) is 44.1 Å². The number of anilines is 2. The van der Waals surface area contributed by atoms with Gasteiger partial charge in [-0.05, 0) is 80.4 Å². The van der Waals surface area contributed by atoms with Gasteiger partial charge in [-0.1, -0.05) is 6.07 Å². The van der Waals surface area contributed by atoms with Crippen LogP contribution in [0.3, 0.4) is 0 Å². The van der Waals surface area contributed by atoms with E-state index < -0.39 is 6.36 Å². The molecule has 2 aromatic heterocycles. The van der Waals surface area contributed by atoms with Crippen molar-refractivity contribution in [2.24, 2.45) is 0 Å². The second-order valence-electron chi connectivity index (χ2n) is 9.99. The first-order chi connectivity index (χ1) is 19.0. The molecule has 0 unspecified atom stereocenters. The molecular formula is C29H29F4N5O2. The maximum Gasteiger partial charge on any atom is 0.573 e. The van der Waals surface area contributed by atoms with Crippen molar-refractivity contribution >= 4 is 22.8 Å². The first-order valence-electron chi connectivity index (χ1n) is 12.9. The lowest BCUT2D eigenvalue weighted by molar-refractivity contribution is -0.274. The third-order valence-corrected chi connectivity index (χ3v) is 7.03. The molecular weight excluding hydrogens is 526 g/mol. The molecule has 1 aliphatic rings. The van der Waals surface area contributed by atoms with Crippen LogP contribution in [0.2, 0.25) is 0 Å². The van der Waals surface area contributed by atoms with Gasteiger partial charge in [-0.25, -0.2) is 8.91 Å². The molecule has 1 aliphatic heterocycles. The minimum atomic E-state index is -4.74. The monoisotopic (exact) mass is 555 g/mol. The summed E-state index contributed by atoms with van der Waals surface area (Å²) >= 11 is 0. The normalized spacial score (nSPS) is 15.9. The highest BCUT2D eigenvalue weighted by Gasteiger charge is 2.31. The Morgan fingerprint density at radius 1 is 1.07 bits per heavy atom. The van der Waals surface area contributed by atoms with E-state index in [9.17, 15) is 18.0 Å². The highest BCUT2D eigenvalue weighted by molar-refractivity contribution is 6.02. The lowest BCUT2D eigenvalue weighted by atomic mass is 10.1. The van der Waals surface area contributed by atoms with Gasteiger partial charge in [0.1, 0.15) is 11.6 Å². The Bertz CT molecular complexity index is 1530. The molecule has 2 aromatic carbocycles. The van der Waals surface area contributed by atoms with Crippen LogP contribution in [0.4, 0.5) is 28.9 Å². The molecule has 1 atom stereocenters. The smallest absolute Gasteiger partial charge is 0.406 e. The number of hydrogen-bond donors (Lipinski definition) is 1. The zero-order valence-corrected chi connectivity index (χ0v) is 22.3. The molecule has 1 fully saturated rings. The van der Waals surface area contributed by atoms with E-state index in [1.807, 2.05) is 37.1 Å². The summed E-state index contributed by atoms with van der Waals surface area (Å²) < 4.78 is 58.1. The molecule has 0 bridgehead atoms. The van der Waals surface area contributed by atoms with Crippen molar-refractivity contribution in [2.45, 2.75) is 39.7 Å². The van der Waals surface area contributed by atoms with Crippen LogP contribution in [0.1, 0.15) is 34.1 Å². The average molecular weight is 556 g/mol. The van der Waals surface area contributed by atoms with E-state index in [2.05, 4.69) is 20.1 Å². The molecule has 1 N–H and O–H groups in total. The summed E-state index contributed by atoms with van der Waals surface area (Å²) in [6.07, 6.45) is -2.93. The molecule has 1 saturated heterocycles. The predicted molar refractivity (Wildman–Crippen MR) is 144 cm³/mol. The Morgan fingerprint density at radius 3 is 2.50 bits per heavy atom. The van der Waals surface area contributed by atoms with Gasteiger partial charge in [0.2, 0.25) is 0 Å². The third-order valence-electron chi connectivity index (χ3n) is 7.03. The second kappa shape index (κ2) is 10.7. The number of fused-ring (bicyclic) bond motifs is 1. The Labute approximate surface area is 229 Å². The molecule has 210 valence electrons. The number of rotatable bonds is 6. The van der Waals surface area contributed by atoms with Crippen LogP contribution >= 0.6 is 0 Å². The molecule has 0 saturated carbocycles. The molecule has 5 rings (SSSR count). The van der Waals surface area contributed by atoms with Gasteiger partial charge in [-0.2, -0.15) is 5.10 Å². The molecule has 11 heteroatoms. The van der Waals surface area contributed by atoms with Crippen LogP contribution in [0.5, 0.6) is 5.75 Å². The quantitative estimate of drug-likeness (QED) is 0.313. The van der Waals surface area contributed by atoms with E-state index in [-0.39, 0.29) is 30.1 Å². The highest BCUT2D eigenvalue weighted by Crippen LogP contribution is 2.29. The van der Waals surface area contributed by atoms with Crippen LogP contribution in [0, 0.1) is 19.7 Å². The SMILES string of the molecule is Cc1ccn2nc(C)c(C(=O)NCc3ccc(N4CCN(c5ccc(OC(F)(F)F)cc5)[C@@H](C)C4)c(F)c3)c2c1. The van der Waals surface area contributed by atoms with Crippen LogP contribution in [-0.4, -0.2) is 47.6 Å². The number of carbonyl (C=O) groups excluding carboxylic acids is 1. The van der Waals surface area contributed by atoms with Crippen LogP contribution in [0.15, 0.2) is 60.8 Å². The summed E-state index contributed by atoms with van der Waals surface area (Å²) in [5, 5.41) is 7.27. The first kappa shape index (κ1) is 27.3. The summed E-state index contributed by atoms with van der Waals surface area (Å²) in [5.74, 6) is -0.931. The zero-order valence-electron chi connectivity index (χ0n) is 22.3. The number of nitrogens with zero attached hydrogens (tertiary/aromatic N) is 4. The van der Waals surface area contributed by atoms with Gasteiger partial charge in [0.05, 0.1) is 22.5 Å². The van der Waals surface area contributed by atoms with Crippen molar-refractivity contribution in [3.05, 3.63) is 89.0 Å². The lowest BCUT2D eigenvalue weighted by Crippen LogP contribution is -2.52. The molecule has 3 heterocycles. The average Bonchev–Trinajstić information content (AvgIpc) is 3.22. The Kier molecular flexibility index (Phi) is 7.31. The third kappa shape index (κ3) is 5.83. The fourth-order valence-electron chi connectivity index (χ4n) is 5.14. The molecule has 4 aromatic rings. The van der Waals surface area contributed by atoms with Gasteiger partial charge in [0.15, 0.2) is 0 Å². The molecule has 40 heavy (non-hydrogen) atoms. The maximum atomic E-state index is 15.2. The van der Waals surface area contributed by atoms with Crippen molar-refractivity contribution < 1.29 is 27.1 Å². The number of aromatic nitrogens is 2. The van der Waals surface area contributed by atoms with Gasteiger partial charge >= 0.3 is 6.36 Å². The number of halogens is 4. The standard InChI is InChI=1S/C29H29F4N5O2/c1-18-10-11-38-26(14-18)27(20(3)35-38)28(39)34-16-21-4-9-25(24(30)15-21)36-12-13-37(19(2)17-36)22-5-7-23(8-6-22)40-29(31,32)33/h4-11,14-15,19H,12-13,16-17H2,1-3H3,(H,34,39)/t19-/m0/s1. The summed E-state index contributed by atoms with van der Waals surface area (Å²) in [6, 6.07) is 14.5. The highest BCUT2D eigenvalue weighted by atomic mass is 19.4. The number of carbonyl (C=O) groups is 1. The number of benzene rings is 2. The van der Waals surface area contributed by atoms with Gasteiger partial charge < -0.3 is 19.9 Å². The summed E-state index contributed by atoms with van der Waals surface area (Å²) in [6.45, 7) is 7.51. The van der Waals surface area contributed by atoms with E-state index in [0.29, 0.717) is 42.1 Å². The van der Waals surface area contributed by atoms with Crippen molar-refractivity contribution in [1.29, 1.82) is 0 Å². The molecule has 0 aliphatic carbocycles. The van der Waals surface area contributed by atoms with E-state index in [4.69, 9.17) is 0 Å². The van der Waals surface area contributed by atoms with E-state index in [1.165, 1.54) is 18.2 Å². The van der Waals surface area contributed by atoms with E-state index in [1.54, 1.807) is 35.7 Å². The van der Waals surface area contributed by atoms with E-state index >= 15 is 4.39 Å². The first-order valence-corrected chi connectivity index (χ1v) is 12.9. The molecule has 7 nitrogen and oxygen atoms in total. The minimum absolute atomic E-state index is 0.0146. The number of pyridine rings is 1. The van der Waals surface area contributed by atoms with Crippen molar-refractivity contribution in [3.8, 4) is 5.75 Å². The van der Waals surface area contributed by atoms with Crippen molar-refractivity contribution in [2.75, 3.05) is 29.4 Å². The molecule has 1 amide bonds. The summed E-state index contributed by atoms with van der Waals surface area (Å²) in [7, 11) is 0. The number of hydrogen-bond acceptors (Lipinski definition) is 5. The Morgan fingerprint density at radius 2 is 1.82 bits per heavy atom. The van der Waals surface area contributed by atoms with Gasteiger partial charge in [-0.15, -0.1) is 13.2 Å². The molecule has 0 radical (unpaired) electrons. The number of piperazine rings is 1. The number of alkyl halides is 3. The topological polar surface area (TPSA) is 62.1 Å². The second-order valence-corrected chi connectivity index (χ2v) is 9.99. The lowest BCUT2D eigenvalue weighted by Gasteiger charge is -2.42. The summed E-state index contributed by atoms with van der Waals surface area (Å²) in [5.41, 5.74) is 4.71. The number of ether oxygens (including phenoxy) is 1.